The highest BCUT2D eigenvalue weighted by Gasteiger charge is 2.14. The van der Waals surface area contributed by atoms with Gasteiger partial charge < -0.3 is 10.6 Å². The van der Waals surface area contributed by atoms with Crippen molar-refractivity contribution >= 4 is 50.6 Å². The zero-order valence-corrected chi connectivity index (χ0v) is 12.4. The monoisotopic (exact) mass is 334 g/mol. The SMILES string of the molecule is CN(CCC(N)=S)C(=O)c1ccc(Cl)cc1Br. The van der Waals surface area contributed by atoms with E-state index in [1.54, 1.807) is 30.1 Å². The van der Waals surface area contributed by atoms with Crippen LogP contribution in [0.4, 0.5) is 0 Å². The largest absolute Gasteiger partial charge is 0.393 e. The Balaban J connectivity index is 2.78. The fraction of sp³-hybridized carbons (Fsp3) is 0.273. The van der Waals surface area contributed by atoms with Crippen molar-refractivity contribution in [1.82, 2.24) is 4.90 Å². The Labute approximate surface area is 119 Å². The lowest BCUT2D eigenvalue weighted by Gasteiger charge is -2.17. The molecule has 0 unspecified atom stereocenters. The lowest BCUT2D eigenvalue weighted by atomic mass is 10.2. The standard InChI is InChI=1S/C11H12BrClN2OS/c1-15(5-4-10(14)17)11(16)8-3-2-7(13)6-9(8)12/h2-3,6H,4-5H2,1H3,(H2,14,17). The first-order valence-corrected chi connectivity index (χ1v) is 6.48. The molecule has 0 atom stereocenters. The molecule has 0 aromatic heterocycles. The molecule has 0 saturated heterocycles. The molecule has 0 radical (unpaired) electrons. The van der Waals surface area contributed by atoms with Crippen LogP contribution in [0, 0.1) is 0 Å². The fourth-order valence-corrected chi connectivity index (χ4v) is 2.19. The molecule has 0 bridgehead atoms. The summed E-state index contributed by atoms with van der Waals surface area (Å²) in [5, 5.41) is 0.583. The molecule has 0 aliphatic rings. The number of nitrogens with two attached hydrogens (primary N) is 1. The van der Waals surface area contributed by atoms with Gasteiger partial charge in [0.15, 0.2) is 0 Å². The highest BCUT2D eigenvalue weighted by molar-refractivity contribution is 9.10. The topological polar surface area (TPSA) is 46.3 Å². The second-order valence-corrected chi connectivity index (χ2v) is 5.38. The molecule has 2 N–H and O–H groups in total. The highest BCUT2D eigenvalue weighted by atomic mass is 79.9. The summed E-state index contributed by atoms with van der Waals surface area (Å²) < 4.78 is 0.678. The van der Waals surface area contributed by atoms with E-state index in [9.17, 15) is 4.79 Å². The number of thiocarbonyl (C=S) groups is 1. The number of halogens is 2. The van der Waals surface area contributed by atoms with Gasteiger partial charge in [0.25, 0.3) is 5.91 Å². The molecule has 1 aromatic rings. The van der Waals surface area contributed by atoms with Crippen LogP contribution in [0.15, 0.2) is 22.7 Å². The van der Waals surface area contributed by atoms with Gasteiger partial charge in [0, 0.05) is 29.5 Å². The van der Waals surface area contributed by atoms with Crippen LogP contribution in [-0.2, 0) is 0 Å². The summed E-state index contributed by atoms with van der Waals surface area (Å²) in [5.74, 6) is -0.0928. The van der Waals surface area contributed by atoms with Crippen molar-refractivity contribution in [2.75, 3.05) is 13.6 Å². The molecule has 6 heteroatoms. The van der Waals surface area contributed by atoms with E-state index < -0.39 is 0 Å². The van der Waals surface area contributed by atoms with Crippen molar-refractivity contribution in [2.24, 2.45) is 5.73 Å². The molecular formula is C11H12BrClN2OS. The maximum absolute atomic E-state index is 12.1. The second-order valence-electron chi connectivity index (χ2n) is 3.57. The number of carbonyl (C=O) groups excluding carboxylic acids is 1. The molecule has 3 nitrogen and oxygen atoms in total. The smallest absolute Gasteiger partial charge is 0.254 e. The first kappa shape index (κ1) is 14.4. The number of benzene rings is 1. The third kappa shape index (κ3) is 4.26. The van der Waals surface area contributed by atoms with Crippen LogP contribution in [0.3, 0.4) is 0 Å². The Morgan fingerprint density at radius 3 is 2.76 bits per heavy atom. The number of amides is 1. The number of rotatable bonds is 4. The van der Waals surface area contributed by atoms with Crippen molar-refractivity contribution in [3.05, 3.63) is 33.3 Å². The molecule has 0 aliphatic carbocycles. The predicted molar refractivity (Wildman–Crippen MR) is 77.5 cm³/mol. The molecule has 1 aromatic carbocycles. The Kier molecular flexibility index (Phi) is 5.36. The fourth-order valence-electron chi connectivity index (χ4n) is 1.25. The summed E-state index contributed by atoms with van der Waals surface area (Å²) in [5.41, 5.74) is 5.97. The lowest BCUT2D eigenvalue weighted by molar-refractivity contribution is 0.0798. The van der Waals surface area contributed by atoms with Gasteiger partial charge in [-0.3, -0.25) is 4.79 Å². The summed E-state index contributed by atoms with van der Waals surface area (Å²) in [6, 6.07) is 5.06. The minimum Gasteiger partial charge on any atom is -0.393 e. The van der Waals surface area contributed by atoms with Crippen molar-refractivity contribution in [1.29, 1.82) is 0 Å². The minimum absolute atomic E-state index is 0.0928. The van der Waals surface area contributed by atoms with Crippen LogP contribution < -0.4 is 5.73 Å². The van der Waals surface area contributed by atoms with Crippen LogP contribution in [-0.4, -0.2) is 29.4 Å². The van der Waals surface area contributed by atoms with Gasteiger partial charge in [-0.25, -0.2) is 0 Å². The van der Waals surface area contributed by atoms with E-state index in [-0.39, 0.29) is 5.91 Å². The first-order chi connectivity index (χ1) is 7.91. The summed E-state index contributed by atoms with van der Waals surface area (Å²) in [6.45, 7) is 0.503. The molecule has 92 valence electrons. The Morgan fingerprint density at radius 1 is 1.59 bits per heavy atom. The Hall–Kier alpha value is -0.650. The molecule has 0 saturated carbocycles. The third-order valence-corrected chi connectivity index (χ3v) is 3.30. The van der Waals surface area contributed by atoms with Crippen LogP contribution in [0.25, 0.3) is 0 Å². The number of carbonyl (C=O) groups is 1. The average Bonchev–Trinajstić information content (AvgIpc) is 2.25. The summed E-state index contributed by atoms with van der Waals surface area (Å²) in [7, 11) is 1.71. The second kappa shape index (κ2) is 6.33. The van der Waals surface area contributed by atoms with Crippen molar-refractivity contribution in [3.8, 4) is 0 Å². The molecule has 1 amide bonds. The van der Waals surface area contributed by atoms with Gasteiger partial charge in [-0.15, -0.1) is 0 Å². The van der Waals surface area contributed by atoms with Crippen molar-refractivity contribution < 1.29 is 4.79 Å². The molecule has 0 heterocycles. The zero-order chi connectivity index (χ0) is 13.0. The van der Waals surface area contributed by atoms with E-state index in [1.807, 2.05) is 0 Å². The van der Waals surface area contributed by atoms with Gasteiger partial charge >= 0.3 is 0 Å². The minimum atomic E-state index is -0.0928. The molecular weight excluding hydrogens is 324 g/mol. The van der Waals surface area contributed by atoms with Crippen molar-refractivity contribution in [3.63, 3.8) is 0 Å². The predicted octanol–water partition coefficient (Wildman–Crippen LogP) is 2.85. The number of hydrogen-bond acceptors (Lipinski definition) is 2. The van der Waals surface area contributed by atoms with Crippen LogP contribution in [0.2, 0.25) is 5.02 Å². The van der Waals surface area contributed by atoms with Gasteiger partial charge in [-0.1, -0.05) is 23.8 Å². The quantitative estimate of drug-likeness (QED) is 0.861. The van der Waals surface area contributed by atoms with Gasteiger partial charge in [-0.2, -0.15) is 0 Å². The van der Waals surface area contributed by atoms with E-state index >= 15 is 0 Å². The molecule has 0 aliphatic heterocycles. The summed E-state index contributed by atoms with van der Waals surface area (Å²) >= 11 is 13.9. The summed E-state index contributed by atoms with van der Waals surface area (Å²) in [4.78, 5) is 14.0. The van der Waals surface area contributed by atoms with Crippen molar-refractivity contribution in [2.45, 2.75) is 6.42 Å². The van der Waals surface area contributed by atoms with E-state index in [1.165, 1.54) is 0 Å². The van der Waals surface area contributed by atoms with Gasteiger partial charge in [-0.05, 0) is 34.1 Å². The number of hydrogen-bond donors (Lipinski definition) is 1. The van der Waals surface area contributed by atoms with Gasteiger partial charge in [0.05, 0.1) is 10.6 Å². The molecule has 0 spiro atoms. The van der Waals surface area contributed by atoms with E-state index in [2.05, 4.69) is 15.9 Å². The van der Waals surface area contributed by atoms with Gasteiger partial charge in [0.2, 0.25) is 0 Å². The van der Waals surface area contributed by atoms with Gasteiger partial charge in [0.1, 0.15) is 0 Å². The Morgan fingerprint density at radius 2 is 2.24 bits per heavy atom. The highest BCUT2D eigenvalue weighted by Crippen LogP contribution is 2.22. The maximum atomic E-state index is 12.1. The molecule has 17 heavy (non-hydrogen) atoms. The van der Waals surface area contributed by atoms with Crippen LogP contribution in [0.5, 0.6) is 0 Å². The number of nitrogens with zero attached hydrogens (tertiary/aromatic N) is 1. The summed E-state index contributed by atoms with van der Waals surface area (Å²) in [6.07, 6.45) is 0.517. The molecule has 1 rings (SSSR count). The van der Waals surface area contributed by atoms with Crippen LogP contribution >= 0.6 is 39.7 Å². The van der Waals surface area contributed by atoms with E-state index in [4.69, 9.17) is 29.6 Å². The zero-order valence-electron chi connectivity index (χ0n) is 9.24. The van der Waals surface area contributed by atoms with Crippen LogP contribution in [0.1, 0.15) is 16.8 Å². The molecule has 0 fully saturated rings. The Bertz CT molecular complexity index is 453. The first-order valence-electron chi connectivity index (χ1n) is 4.90. The normalized spacial score (nSPS) is 10.1. The van der Waals surface area contributed by atoms with E-state index in [0.29, 0.717) is 33.0 Å². The lowest BCUT2D eigenvalue weighted by Crippen LogP contribution is -2.30. The average molecular weight is 336 g/mol. The maximum Gasteiger partial charge on any atom is 0.254 e. The third-order valence-electron chi connectivity index (χ3n) is 2.20. The van der Waals surface area contributed by atoms with E-state index in [0.717, 1.165) is 0 Å².